The first-order valence-electron chi connectivity index (χ1n) is 19.0. The van der Waals surface area contributed by atoms with E-state index in [0.29, 0.717) is 67.9 Å². The Kier molecular flexibility index (Phi) is 19.2. The SMILES string of the molecule is C.C.C=CC(=O)Nc1ccc(OC)c(Nc2ncc(Br)c(Nc3ccccc3P(C)(C)=O)n2)c1.C=CC(=O)Nc1ccc(OC)c(Nc2nccc(Nc3ccccc3P(C)(C)=O)n2)c1. The van der Waals surface area contributed by atoms with Crippen molar-refractivity contribution in [3.63, 3.8) is 0 Å². The second-order valence-electron chi connectivity index (χ2n) is 14.1. The third-order valence-electron chi connectivity index (χ3n) is 8.68. The van der Waals surface area contributed by atoms with E-state index in [4.69, 9.17) is 9.47 Å². The predicted octanol–water partition coefficient (Wildman–Crippen LogP) is 10.7. The van der Waals surface area contributed by atoms with Crippen LogP contribution in [0.15, 0.2) is 133 Å². The van der Waals surface area contributed by atoms with Crippen LogP contribution in [0.5, 0.6) is 11.5 Å². The van der Waals surface area contributed by atoms with Crippen LogP contribution in [0.2, 0.25) is 0 Å². The summed E-state index contributed by atoms with van der Waals surface area (Å²) in [4.78, 5) is 40.8. The molecule has 0 bridgehead atoms. The number of anilines is 10. The molecule has 6 N–H and O–H groups in total. The monoisotopic (exact) mass is 984 g/mol. The highest BCUT2D eigenvalue weighted by atomic mass is 79.9. The number of rotatable bonds is 16. The molecule has 2 aromatic heterocycles. The molecule has 4 aromatic carbocycles. The summed E-state index contributed by atoms with van der Waals surface area (Å²) in [5.74, 6) is 2.12. The topological polar surface area (TPSA) is 210 Å². The molecule has 0 atom stereocenters. The predicted molar refractivity (Wildman–Crippen MR) is 273 cm³/mol. The van der Waals surface area contributed by atoms with Crippen LogP contribution in [0.1, 0.15) is 14.9 Å². The lowest BCUT2D eigenvalue weighted by Gasteiger charge is -2.16. The van der Waals surface area contributed by atoms with E-state index < -0.39 is 14.3 Å². The average Bonchev–Trinajstić information content (AvgIpc) is 3.25. The molecule has 65 heavy (non-hydrogen) atoms. The van der Waals surface area contributed by atoms with Gasteiger partial charge < -0.3 is 50.5 Å². The largest absolute Gasteiger partial charge is 0.495 e. The molecule has 0 spiro atoms. The Hall–Kier alpha value is -6.80. The van der Waals surface area contributed by atoms with Gasteiger partial charge in [-0.05, 0) is 121 Å². The van der Waals surface area contributed by atoms with Crippen LogP contribution in [0.4, 0.5) is 57.7 Å². The minimum atomic E-state index is -2.50. The van der Waals surface area contributed by atoms with Gasteiger partial charge in [0.2, 0.25) is 23.7 Å². The molecule has 2 heterocycles. The fourth-order valence-corrected chi connectivity index (χ4v) is 8.36. The van der Waals surface area contributed by atoms with Crippen LogP contribution in [-0.2, 0) is 18.7 Å². The normalized spacial score (nSPS) is 10.5. The Morgan fingerprint density at radius 2 is 1.08 bits per heavy atom. The summed E-state index contributed by atoms with van der Waals surface area (Å²) in [7, 11) is -1.88. The number of ether oxygens (including phenoxy) is 2. The Bertz CT molecular complexity index is 2740. The molecule has 19 heteroatoms. The summed E-state index contributed by atoms with van der Waals surface area (Å²) in [6.07, 6.45) is 5.59. The standard InChI is InChI=1S/C22H23BrN5O3P.C22H24N5O3P.2CH4/c1-5-20(29)25-14-10-11-18(31-2)17(12-14)27-22-24-13-15(23)21(28-22)26-16-8-6-7-9-19(16)32(3,4)30;1-5-21(28)24-15-10-11-18(30-2)17(14-15)26-22-23-13-12-20(27-22)25-16-8-6-7-9-19(16)31(3,4)29;;/h5-13H,1H2,2-4H3,(H,25,29)(H2,24,26,27,28);5-14H,1H2,2-4H3,(H,24,28)(H2,23,25,26,27);2*1H4. The van der Waals surface area contributed by atoms with E-state index in [9.17, 15) is 18.7 Å². The van der Waals surface area contributed by atoms with Crippen molar-refractivity contribution >= 4 is 110 Å². The van der Waals surface area contributed by atoms with Gasteiger partial charge in [-0.25, -0.2) is 9.97 Å². The maximum absolute atomic E-state index is 12.7. The van der Waals surface area contributed by atoms with Crippen molar-refractivity contribution < 1.29 is 28.2 Å². The van der Waals surface area contributed by atoms with E-state index in [1.165, 1.54) is 12.2 Å². The third kappa shape index (κ3) is 14.9. The van der Waals surface area contributed by atoms with E-state index in [1.54, 1.807) is 95.7 Å². The van der Waals surface area contributed by atoms with Crippen molar-refractivity contribution in [2.24, 2.45) is 0 Å². The summed E-state index contributed by atoms with van der Waals surface area (Å²) in [5.41, 5.74) is 3.70. The molecule has 2 amide bonds. The second kappa shape index (κ2) is 23.8. The van der Waals surface area contributed by atoms with Gasteiger partial charge >= 0.3 is 0 Å². The number of para-hydroxylation sites is 2. The zero-order valence-corrected chi connectivity index (χ0v) is 38.8. The Labute approximate surface area is 389 Å². The summed E-state index contributed by atoms with van der Waals surface area (Å²) >= 11 is 3.46. The summed E-state index contributed by atoms with van der Waals surface area (Å²) in [6, 6.07) is 26.9. The first-order chi connectivity index (χ1) is 30.0. The maximum atomic E-state index is 12.7. The van der Waals surface area contributed by atoms with Gasteiger partial charge in [0.25, 0.3) is 0 Å². The van der Waals surface area contributed by atoms with E-state index in [0.717, 1.165) is 16.3 Å². The zero-order valence-electron chi connectivity index (χ0n) is 35.4. The van der Waals surface area contributed by atoms with Crippen LogP contribution in [0.3, 0.4) is 0 Å². The lowest BCUT2D eigenvalue weighted by molar-refractivity contribution is -0.112. The molecule has 0 radical (unpaired) electrons. The van der Waals surface area contributed by atoms with Crippen molar-refractivity contribution in [1.82, 2.24) is 19.9 Å². The molecule has 6 rings (SSSR count). The van der Waals surface area contributed by atoms with E-state index >= 15 is 0 Å². The molecule has 0 fully saturated rings. The Morgan fingerprint density at radius 1 is 0.615 bits per heavy atom. The summed E-state index contributed by atoms with van der Waals surface area (Å²) in [5, 5.41) is 19.6. The van der Waals surface area contributed by atoms with Gasteiger partial charge in [0.15, 0.2) is 0 Å². The number of hydrogen-bond acceptors (Lipinski definition) is 14. The van der Waals surface area contributed by atoms with Gasteiger partial charge in [-0.15, -0.1) is 0 Å². The molecule has 0 aliphatic carbocycles. The highest BCUT2D eigenvalue weighted by Gasteiger charge is 2.19. The smallest absolute Gasteiger partial charge is 0.247 e. The van der Waals surface area contributed by atoms with Crippen LogP contribution < -0.4 is 52.0 Å². The third-order valence-corrected chi connectivity index (χ3v) is 12.4. The van der Waals surface area contributed by atoms with Gasteiger partial charge in [-0.2, -0.15) is 9.97 Å². The quantitative estimate of drug-likeness (QED) is 0.0394. The number of aromatic nitrogens is 4. The number of halogens is 1. The molecule has 16 nitrogen and oxygen atoms in total. The van der Waals surface area contributed by atoms with Crippen molar-refractivity contribution in [1.29, 1.82) is 0 Å². The van der Waals surface area contributed by atoms with Gasteiger partial charge in [-0.1, -0.05) is 52.3 Å². The van der Waals surface area contributed by atoms with Gasteiger partial charge in [0.1, 0.15) is 37.4 Å². The molecule has 0 aliphatic rings. The Morgan fingerprint density at radius 3 is 1.54 bits per heavy atom. The van der Waals surface area contributed by atoms with Crippen LogP contribution in [-0.4, -0.2) is 72.6 Å². The minimum Gasteiger partial charge on any atom is -0.495 e. The summed E-state index contributed by atoms with van der Waals surface area (Å²) in [6.45, 7) is 13.8. The zero-order chi connectivity index (χ0) is 45.7. The molecule has 0 saturated heterocycles. The Balaban J connectivity index is 0.000000335. The van der Waals surface area contributed by atoms with Crippen molar-refractivity contribution in [2.45, 2.75) is 14.9 Å². The van der Waals surface area contributed by atoms with E-state index in [-0.39, 0.29) is 26.7 Å². The van der Waals surface area contributed by atoms with Crippen molar-refractivity contribution in [3.8, 4) is 11.5 Å². The molecule has 0 saturated carbocycles. The number of methoxy groups -OCH3 is 2. The maximum Gasteiger partial charge on any atom is 0.247 e. The highest BCUT2D eigenvalue weighted by Crippen LogP contribution is 2.40. The van der Waals surface area contributed by atoms with Gasteiger partial charge in [0.05, 0.1) is 41.4 Å². The lowest BCUT2D eigenvalue weighted by atomic mass is 10.2. The number of carbonyl (C=O) groups is 2. The molecular formula is C46H55BrN10O6P2. The molecule has 0 aliphatic heterocycles. The highest BCUT2D eigenvalue weighted by molar-refractivity contribution is 9.10. The molecular weight excluding hydrogens is 930 g/mol. The van der Waals surface area contributed by atoms with Crippen molar-refractivity contribution in [3.05, 3.63) is 133 Å². The molecule has 6 aromatic rings. The fraction of sp³-hybridized carbons (Fsp3) is 0.174. The molecule has 342 valence electrons. The minimum absolute atomic E-state index is 0. The van der Waals surface area contributed by atoms with E-state index in [2.05, 4.69) is 80.9 Å². The second-order valence-corrected chi connectivity index (χ2v) is 21.3. The van der Waals surface area contributed by atoms with Gasteiger partial charge in [0, 0.05) is 34.4 Å². The number of benzene rings is 4. The van der Waals surface area contributed by atoms with Crippen molar-refractivity contribution in [2.75, 3.05) is 72.8 Å². The van der Waals surface area contributed by atoms with Crippen LogP contribution >= 0.6 is 30.2 Å². The number of hydrogen-bond donors (Lipinski definition) is 6. The summed E-state index contributed by atoms with van der Waals surface area (Å²) < 4.78 is 36.7. The van der Waals surface area contributed by atoms with E-state index in [1.807, 2.05) is 48.5 Å². The average molecular weight is 986 g/mol. The lowest BCUT2D eigenvalue weighted by Crippen LogP contribution is -2.11. The number of nitrogens with one attached hydrogen (secondary N) is 6. The molecule has 0 unspecified atom stereocenters. The number of nitrogens with zero attached hydrogens (tertiary/aromatic N) is 4. The number of amides is 2. The van der Waals surface area contributed by atoms with Crippen LogP contribution in [0.25, 0.3) is 0 Å². The fourth-order valence-electron chi connectivity index (χ4n) is 5.76. The first kappa shape index (κ1) is 52.5. The van der Waals surface area contributed by atoms with Crippen LogP contribution in [0, 0.1) is 0 Å². The van der Waals surface area contributed by atoms with Gasteiger partial charge in [-0.3, -0.25) is 9.59 Å². The first-order valence-corrected chi connectivity index (χ1v) is 25.0. The number of carbonyl (C=O) groups excluding carboxylic acids is 2.